The third-order valence-electron chi connectivity index (χ3n) is 4.64. The maximum absolute atomic E-state index is 12.7. The minimum atomic E-state index is -0.0635. The summed E-state index contributed by atoms with van der Waals surface area (Å²) in [4.78, 5) is 17.4. The number of amides is 1. The molecule has 0 saturated carbocycles. The number of anilines is 1. The largest absolute Gasteiger partial charge is 0.325 e. The maximum atomic E-state index is 12.7. The first-order valence-electron chi connectivity index (χ1n) is 9.22. The van der Waals surface area contributed by atoms with Crippen LogP contribution in [0, 0.1) is 0 Å². The van der Waals surface area contributed by atoms with Gasteiger partial charge < -0.3 is 9.88 Å². The van der Waals surface area contributed by atoms with Gasteiger partial charge in [0.25, 0.3) is 0 Å². The minimum Gasteiger partial charge on any atom is -0.325 e. The fraction of sp³-hybridized carbons (Fsp3) is 0.130. The number of nitrogens with one attached hydrogen (secondary N) is 1. The Hall–Kier alpha value is -2.92. The molecular formula is C23H20BrN3O. The quantitative estimate of drug-likeness (QED) is 0.452. The van der Waals surface area contributed by atoms with Crippen LogP contribution >= 0.6 is 15.9 Å². The van der Waals surface area contributed by atoms with Crippen LogP contribution in [-0.4, -0.2) is 15.5 Å². The van der Waals surface area contributed by atoms with Crippen LogP contribution in [0.4, 0.5) is 5.69 Å². The molecule has 1 aromatic heterocycles. The fourth-order valence-electron chi connectivity index (χ4n) is 3.27. The van der Waals surface area contributed by atoms with Gasteiger partial charge in [0.05, 0.1) is 11.0 Å². The molecule has 3 aromatic carbocycles. The van der Waals surface area contributed by atoms with Crippen molar-refractivity contribution >= 4 is 38.6 Å². The minimum absolute atomic E-state index is 0.0635. The summed E-state index contributed by atoms with van der Waals surface area (Å²) in [7, 11) is 0. The summed E-state index contributed by atoms with van der Waals surface area (Å²) < 4.78 is 3.00. The van der Waals surface area contributed by atoms with E-state index in [2.05, 4.69) is 33.4 Å². The molecule has 140 valence electrons. The molecule has 4 aromatic rings. The van der Waals surface area contributed by atoms with Crippen molar-refractivity contribution in [2.75, 3.05) is 5.32 Å². The first-order valence-corrected chi connectivity index (χ1v) is 10.0. The van der Waals surface area contributed by atoms with Crippen molar-refractivity contribution < 1.29 is 4.79 Å². The van der Waals surface area contributed by atoms with Gasteiger partial charge >= 0.3 is 0 Å². The lowest BCUT2D eigenvalue weighted by Gasteiger charge is -2.10. The number of fused-ring (bicyclic) bond motifs is 1. The molecule has 28 heavy (non-hydrogen) atoms. The number of imidazole rings is 1. The van der Waals surface area contributed by atoms with E-state index < -0.39 is 0 Å². The van der Waals surface area contributed by atoms with Gasteiger partial charge in [-0.25, -0.2) is 4.98 Å². The van der Waals surface area contributed by atoms with Crippen LogP contribution in [0.3, 0.4) is 0 Å². The summed E-state index contributed by atoms with van der Waals surface area (Å²) in [6.07, 6.45) is 1.67. The molecule has 0 fully saturated rings. The Morgan fingerprint density at radius 3 is 2.39 bits per heavy atom. The molecule has 5 heteroatoms. The average Bonchev–Trinajstić information content (AvgIpc) is 3.06. The molecule has 0 atom stereocenters. The van der Waals surface area contributed by atoms with Crippen molar-refractivity contribution in [3.63, 3.8) is 0 Å². The average molecular weight is 434 g/mol. The van der Waals surface area contributed by atoms with Gasteiger partial charge in [0.1, 0.15) is 12.4 Å². The predicted molar refractivity (Wildman–Crippen MR) is 116 cm³/mol. The van der Waals surface area contributed by atoms with Gasteiger partial charge in [-0.1, -0.05) is 58.4 Å². The first kappa shape index (κ1) is 18.4. The summed E-state index contributed by atoms with van der Waals surface area (Å²) in [6, 6.07) is 25.9. The van der Waals surface area contributed by atoms with Gasteiger partial charge in [0, 0.05) is 16.6 Å². The van der Waals surface area contributed by atoms with Gasteiger partial charge in [-0.3, -0.25) is 4.79 Å². The van der Waals surface area contributed by atoms with E-state index in [-0.39, 0.29) is 12.5 Å². The predicted octanol–water partition coefficient (Wildman–Crippen LogP) is 5.22. The zero-order valence-corrected chi connectivity index (χ0v) is 16.9. The molecule has 0 unspecified atom stereocenters. The molecule has 0 radical (unpaired) electrons. The molecule has 1 N–H and O–H groups in total. The number of hydrogen-bond donors (Lipinski definition) is 1. The van der Waals surface area contributed by atoms with Crippen LogP contribution in [0.2, 0.25) is 0 Å². The highest BCUT2D eigenvalue weighted by Crippen LogP contribution is 2.19. The summed E-state index contributed by atoms with van der Waals surface area (Å²) in [6.45, 7) is 0.237. The normalized spacial score (nSPS) is 10.9. The van der Waals surface area contributed by atoms with E-state index in [1.807, 2.05) is 71.3 Å². The number of aryl methyl sites for hydroxylation is 2. The highest BCUT2D eigenvalue weighted by atomic mass is 79.9. The zero-order valence-electron chi connectivity index (χ0n) is 15.3. The molecular weight excluding hydrogens is 414 g/mol. The summed E-state index contributed by atoms with van der Waals surface area (Å²) in [5, 5.41) is 2.96. The maximum Gasteiger partial charge on any atom is 0.244 e. The number of rotatable bonds is 6. The number of nitrogens with zero attached hydrogens (tertiary/aromatic N) is 2. The number of aromatic nitrogens is 2. The van der Waals surface area contributed by atoms with Crippen LogP contribution in [-0.2, 0) is 24.2 Å². The van der Waals surface area contributed by atoms with Crippen molar-refractivity contribution in [2.45, 2.75) is 19.4 Å². The van der Waals surface area contributed by atoms with Gasteiger partial charge in [0.2, 0.25) is 5.91 Å². The fourth-order valence-corrected chi connectivity index (χ4v) is 3.54. The van der Waals surface area contributed by atoms with Crippen LogP contribution in [0.1, 0.15) is 11.4 Å². The number of hydrogen-bond acceptors (Lipinski definition) is 2. The molecule has 1 heterocycles. The Labute approximate surface area is 172 Å². The van der Waals surface area contributed by atoms with E-state index in [1.165, 1.54) is 5.56 Å². The Morgan fingerprint density at radius 2 is 1.61 bits per heavy atom. The molecule has 0 aliphatic carbocycles. The van der Waals surface area contributed by atoms with Crippen molar-refractivity contribution in [1.29, 1.82) is 0 Å². The standard InChI is InChI=1S/C23H20BrN3O/c24-18-11-13-19(14-12-18)25-23(28)16-27-21-9-5-4-8-20(21)26-22(27)15-10-17-6-2-1-3-7-17/h1-9,11-14H,10,15-16H2,(H,25,28). The van der Waals surface area contributed by atoms with Crippen LogP contribution < -0.4 is 5.32 Å². The van der Waals surface area contributed by atoms with Gasteiger partial charge in [-0.05, 0) is 48.4 Å². The zero-order chi connectivity index (χ0) is 19.3. The topological polar surface area (TPSA) is 46.9 Å². The molecule has 4 nitrogen and oxygen atoms in total. The monoisotopic (exact) mass is 433 g/mol. The SMILES string of the molecule is O=C(Cn1c(CCc2ccccc2)nc2ccccc21)Nc1ccc(Br)cc1. The Bertz CT molecular complexity index is 1090. The second-order valence-electron chi connectivity index (χ2n) is 6.64. The van der Waals surface area contributed by atoms with Crippen LogP contribution in [0.15, 0.2) is 83.3 Å². The number of carbonyl (C=O) groups excluding carboxylic acids is 1. The lowest BCUT2D eigenvalue weighted by Crippen LogP contribution is -2.20. The van der Waals surface area contributed by atoms with Crippen LogP contribution in [0.25, 0.3) is 11.0 Å². The number of halogens is 1. The Morgan fingerprint density at radius 1 is 0.893 bits per heavy atom. The summed E-state index contributed by atoms with van der Waals surface area (Å²) in [5.74, 6) is 0.863. The molecule has 1 amide bonds. The molecule has 4 rings (SSSR count). The van der Waals surface area contributed by atoms with Crippen molar-refractivity contribution in [2.24, 2.45) is 0 Å². The highest BCUT2D eigenvalue weighted by molar-refractivity contribution is 9.10. The van der Waals surface area contributed by atoms with E-state index in [1.54, 1.807) is 0 Å². The molecule has 0 spiro atoms. The van der Waals surface area contributed by atoms with E-state index in [0.717, 1.165) is 39.9 Å². The van der Waals surface area contributed by atoms with Crippen molar-refractivity contribution in [1.82, 2.24) is 9.55 Å². The second kappa shape index (κ2) is 8.40. The van der Waals surface area contributed by atoms with Crippen molar-refractivity contribution in [3.8, 4) is 0 Å². The van der Waals surface area contributed by atoms with Crippen molar-refractivity contribution in [3.05, 3.63) is 94.7 Å². The van der Waals surface area contributed by atoms with E-state index >= 15 is 0 Å². The van der Waals surface area contributed by atoms with Gasteiger partial charge in [-0.15, -0.1) is 0 Å². The van der Waals surface area contributed by atoms with E-state index in [0.29, 0.717) is 0 Å². The third kappa shape index (κ3) is 4.31. The molecule has 0 aliphatic heterocycles. The first-order chi connectivity index (χ1) is 13.7. The molecule has 0 aliphatic rings. The Kier molecular flexibility index (Phi) is 5.53. The molecule has 0 saturated heterocycles. The lowest BCUT2D eigenvalue weighted by atomic mass is 10.1. The van der Waals surface area contributed by atoms with Gasteiger partial charge in [0.15, 0.2) is 0 Å². The molecule has 0 bridgehead atoms. The number of benzene rings is 3. The second-order valence-corrected chi connectivity index (χ2v) is 7.56. The lowest BCUT2D eigenvalue weighted by molar-refractivity contribution is -0.116. The van der Waals surface area contributed by atoms with E-state index in [9.17, 15) is 4.79 Å². The Balaban J connectivity index is 1.55. The smallest absolute Gasteiger partial charge is 0.244 e. The third-order valence-corrected chi connectivity index (χ3v) is 5.17. The summed E-state index contributed by atoms with van der Waals surface area (Å²) >= 11 is 3.41. The van der Waals surface area contributed by atoms with E-state index in [4.69, 9.17) is 4.98 Å². The summed E-state index contributed by atoms with van der Waals surface area (Å²) in [5.41, 5.74) is 3.95. The number of carbonyl (C=O) groups is 1. The highest BCUT2D eigenvalue weighted by Gasteiger charge is 2.14. The van der Waals surface area contributed by atoms with Gasteiger partial charge in [-0.2, -0.15) is 0 Å². The van der Waals surface area contributed by atoms with Crippen LogP contribution in [0.5, 0.6) is 0 Å². The number of para-hydroxylation sites is 2.